The van der Waals surface area contributed by atoms with Crippen molar-refractivity contribution in [1.29, 1.82) is 0 Å². The molecule has 0 aliphatic carbocycles. The lowest BCUT2D eigenvalue weighted by atomic mass is 10.0. The molecule has 0 aromatic heterocycles. The second kappa shape index (κ2) is 6.21. The van der Waals surface area contributed by atoms with Crippen molar-refractivity contribution in [3.8, 4) is 0 Å². The van der Waals surface area contributed by atoms with Crippen molar-refractivity contribution in [1.82, 2.24) is 0 Å². The van der Waals surface area contributed by atoms with Gasteiger partial charge in [0, 0.05) is 0 Å². The molecule has 2 atom stereocenters. The summed E-state index contributed by atoms with van der Waals surface area (Å²) in [5, 5.41) is 19.2. The van der Waals surface area contributed by atoms with Crippen LogP contribution in [0.1, 0.15) is 18.1 Å². The number of ether oxygens (including phenoxy) is 1. The number of aliphatic hydroxyl groups excluding tert-OH is 2. The number of rotatable bonds is 4. The standard InChI is InChI=1S/C11H11BrF2O4/c1-18-9(16)4-8(15)11(17)5-2-6(13)10(12)7(14)3-5/h2-3,8,11,15,17H,4H2,1H3. The molecule has 0 spiro atoms. The normalized spacial score (nSPS) is 14.1. The second-order valence-corrected chi connectivity index (χ2v) is 4.38. The Labute approximate surface area is 110 Å². The molecule has 1 rings (SSSR count). The highest BCUT2D eigenvalue weighted by atomic mass is 79.9. The molecular formula is C11H11BrF2O4. The van der Waals surface area contributed by atoms with Crippen LogP contribution in [0.15, 0.2) is 16.6 Å². The van der Waals surface area contributed by atoms with Crippen LogP contribution in [0.5, 0.6) is 0 Å². The van der Waals surface area contributed by atoms with E-state index in [1.54, 1.807) is 0 Å². The Kier molecular flexibility index (Phi) is 5.18. The van der Waals surface area contributed by atoms with Crippen LogP contribution < -0.4 is 0 Å². The lowest BCUT2D eigenvalue weighted by molar-refractivity contribution is -0.144. The average molecular weight is 325 g/mol. The Morgan fingerprint density at radius 2 is 1.89 bits per heavy atom. The molecule has 7 heteroatoms. The Morgan fingerprint density at radius 3 is 2.33 bits per heavy atom. The summed E-state index contributed by atoms with van der Waals surface area (Å²) in [7, 11) is 1.13. The number of benzene rings is 1. The van der Waals surface area contributed by atoms with Crippen LogP contribution in [-0.4, -0.2) is 29.4 Å². The number of hydrogen-bond acceptors (Lipinski definition) is 4. The number of halogens is 3. The molecule has 2 N–H and O–H groups in total. The summed E-state index contributed by atoms with van der Waals surface area (Å²) in [6, 6.07) is 1.75. The second-order valence-electron chi connectivity index (χ2n) is 3.59. The van der Waals surface area contributed by atoms with Gasteiger partial charge in [-0.1, -0.05) is 0 Å². The van der Waals surface area contributed by atoms with Crippen molar-refractivity contribution in [3.63, 3.8) is 0 Å². The number of hydrogen-bond donors (Lipinski definition) is 2. The Balaban J connectivity index is 2.90. The van der Waals surface area contributed by atoms with E-state index < -0.39 is 36.2 Å². The zero-order valence-corrected chi connectivity index (χ0v) is 10.9. The van der Waals surface area contributed by atoms with Gasteiger partial charge in [-0.25, -0.2) is 8.78 Å². The van der Waals surface area contributed by atoms with Gasteiger partial charge in [0.25, 0.3) is 0 Å². The minimum atomic E-state index is -1.58. The van der Waals surface area contributed by atoms with Gasteiger partial charge in [0.2, 0.25) is 0 Å². The van der Waals surface area contributed by atoms with Crippen molar-refractivity contribution in [3.05, 3.63) is 33.8 Å². The molecule has 4 nitrogen and oxygen atoms in total. The van der Waals surface area contributed by atoms with Crippen LogP contribution in [-0.2, 0) is 9.53 Å². The van der Waals surface area contributed by atoms with E-state index in [0.717, 1.165) is 19.2 Å². The predicted molar refractivity (Wildman–Crippen MR) is 61.7 cm³/mol. The van der Waals surface area contributed by atoms with E-state index >= 15 is 0 Å². The summed E-state index contributed by atoms with van der Waals surface area (Å²) in [4.78, 5) is 10.9. The monoisotopic (exact) mass is 324 g/mol. The predicted octanol–water partition coefficient (Wildman–Crippen LogP) is 1.68. The van der Waals surface area contributed by atoms with Crippen molar-refractivity contribution >= 4 is 21.9 Å². The molecule has 18 heavy (non-hydrogen) atoms. The highest BCUT2D eigenvalue weighted by molar-refractivity contribution is 9.10. The first-order valence-electron chi connectivity index (χ1n) is 4.94. The van der Waals surface area contributed by atoms with E-state index in [2.05, 4.69) is 20.7 Å². The molecule has 2 unspecified atom stereocenters. The Bertz CT molecular complexity index is 430. The zero-order chi connectivity index (χ0) is 13.9. The van der Waals surface area contributed by atoms with Crippen LogP contribution >= 0.6 is 15.9 Å². The van der Waals surface area contributed by atoms with Crippen molar-refractivity contribution in [2.45, 2.75) is 18.6 Å². The smallest absolute Gasteiger partial charge is 0.308 e. The molecule has 0 saturated heterocycles. The maximum absolute atomic E-state index is 13.2. The largest absolute Gasteiger partial charge is 0.469 e. The van der Waals surface area contributed by atoms with Crippen LogP contribution in [0.3, 0.4) is 0 Å². The Morgan fingerprint density at radius 1 is 1.39 bits per heavy atom. The fourth-order valence-corrected chi connectivity index (χ4v) is 1.56. The van der Waals surface area contributed by atoms with Gasteiger partial charge >= 0.3 is 5.97 Å². The molecule has 0 amide bonds. The van der Waals surface area contributed by atoms with Gasteiger partial charge in [-0.15, -0.1) is 0 Å². The molecule has 0 aliphatic heterocycles. The molecule has 100 valence electrons. The number of carbonyl (C=O) groups excluding carboxylic acids is 1. The van der Waals surface area contributed by atoms with Crippen molar-refractivity contribution < 1.29 is 28.5 Å². The number of aliphatic hydroxyl groups is 2. The molecule has 1 aromatic carbocycles. The summed E-state index contributed by atoms with van der Waals surface area (Å²) >= 11 is 2.68. The van der Waals surface area contributed by atoms with Gasteiger partial charge in [0.05, 0.1) is 24.1 Å². The van der Waals surface area contributed by atoms with Crippen LogP contribution in [0.2, 0.25) is 0 Å². The summed E-state index contributed by atoms with van der Waals surface area (Å²) in [5.41, 5.74) is -0.162. The van der Waals surface area contributed by atoms with Crippen LogP contribution in [0.4, 0.5) is 8.78 Å². The average Bonchev–Trinajstić information content (AvgIpc) is 2.33. The van der Waals surface area contributed by atoms with Gasteiger partial charge in [-0.05, 0) is 33.6 Å². The first-order chi connectivity index (χ1) is 8.36. The summed E-state index contributed by atoms with van der Waals surface area (Å²) in [6.45, 7) is 0. The molecule has 0 heterocycles. The van der Waals surface area contributed by atoms with Crippen molar-refractivity contribution in [2.24, 2.45) is 0 Å². The molecule has 0 saturated carbocycles. The third-order valence-electron chi connectivity index (χ3n) is 2.32. The molecule has 0 radical (unpaired) electrons. The van der Waals surface area contributed by atoms with Gasteiger partial charge in [0.1, 0.15) is 17.7 Å². The number of esters is 1. The molecule has 0 aliphatic rings. The van der Waals surface area contributed by atoms with Crippen LogP contribution in [0, 0.1) is 11.6 Å². The third-order valence-corrected chi connectivity index (χ3v) is 3.07. The van der Waals surface area contributed by atoms with Crippen LogP contribution in [0.25, 0.3) is 0 Å². The number of carbonyl (C=O) groups is 1. The summed E-state index contributed by atoms with van der Waals surface area (Å²) < 4.78 is 30.4. The molecule has 1 aromatic rings. The maximum Gasteiger partial charge on any atom is 0.308 e. The van der Waals surface area contributed by atoms with E-state index in [1.165, 1.54) is 0 Å². The molecule has 0 bridgehead atoms. The number of methoxy groups -OCH3 is 1. The van der Waals surface area contributed by atoms with E-state index in [0.29, 0.717) is 0 Å². The van der Waals surface area contributed by atoms with Gasteiger partial charge in [0.15, 0.2) is 0 Å². The van der Waals surface area contributed by atoms with Gasteiger partial charge < -0.3 is 14.9 Å². The van der Waals surface area contributed by atoms with E-state index in [1.807, 2.05) is 0 Å². The maximum atomic E-state index is 13.2. The lowest BCUT2D eigenvalue weighted by Crippen LogP contribution is -2.22. The fraction of sp³-hybridized carbons (Fsp3) is 0.364. The third kappa shape index (κ3) is 3.47. The van der Waals surface area contributed by atoms with Gasteiger partial charge in [-0.3, -0.25) is 4.79 Å². The Hall–Kier alpha value is -1.05. The minimum absolute atomic E-state index is 0.162. The molecule has 0 fully saturated rings. The topological polar surface area (TPSA) is 66.8 Å². The van der Waals surface area contributed by atoms with E-state index in [4.69, 9.17) is 0 Å². The van der Waals surface area contributed by atoms with E-state index in [-0.39, 0.29) is 10.0 Å². The highest BCUT2D eigenvalue weighted by Crippen LogP contribution is 2.26. The first kappa shape index (κ1) is 15.0. The quantitative estimate of drug-likeness (QED) is 0.653. The van der Waals surface area contributed by atoms with Crippen molar-refractivity contribution in [2.75, 3.05) is 7.11 Å². The van der Waals surface area contributed by atoms with Gasteiger partial charge in [-0.2, -0.15) is 0 Å². The fourth-order valence-electron chi connectivity index (χ4n) is 1.33. The summed E-state index contributed by atoms with van der Waals surface area (Å²) in [6.07, 6.45) is -3.56. The summed E-state index contributed by atoms with van der Waals surface area (Å²) in [5.74, 6) is -2.55. The first-order valence-corrected chi connectivity index (χ1v) is 5.73. The highest BCUT2D eigenvalue weighted by Gasteiger charge is 2.23. The van der Waals surface area contributed by atoms with E-state index in [9.17, 15) is 23.8 Å². The minimum Gasteiger partial charge on any atom is -0.469 e. The SMILES string of the molecule is COC(=O)CC(O)C(O)c1cc(F)c(Br)c(F)c1. The lowest BCUT2D eigenvalue weighted by Gasteiger charge is -2.17. The zero-order valence-electron chi connectivity index (χ0n) is 9.36. The molecular weight excluding hydrogens is 314 g/mol.